The summed E-state index contributed by atoms with van der Waals surface area (Å²) < 4.78 is 1.31. The quantitative estimate of drug-likeness (QED) is 0.122. The van der Waals surface area contributed by atoms with Crippen molar-refractivity contribution in [2.45, 2.75) is 118 Å². The number of hydrogen-bond acceptors (Lipinski definition) is 0. The van der Waals surface area contributed by atoms with Gasteiger partial charge in [-0.05, 0) is 39.4 Å². The van der Waals surface area contributed by atoms with Crippen molar-refractivity contribution in [1.29, 1.82) is 0 Å². The molecule has 0 spiro atoms. The van der Waals surface area contributed by atoms with E-state index in [4.69, 9.17) is 23.2 Å². The summed E-state index contributed by atoms with van der Waals surface area (Å²) in [6.07, 6.45) is 11.0. The van der Waals surface area contributed by atoms with Crippen molar-refractivity contribution < 1.29 is 23.9 Å². The molecule has 0 nitrogen and oxygen atoms in total. The molecule has 5 heteroatoms. The van der Waals surface area contributed by atoms with Gasteiger partial charge >= 0.3 is 120 Å². The van der Waals surface area contributed by atoms with Crippen LogP contribution in [0.2, 0.25) is 10.0 Å². The van der Waals surface area contributed by atoms with Crippen molar-refractivity contribution in [2.75, 3.05) is 0 Å². The molecule has 0 N–H and O–H groups in total. The van der Waals surface area contributed by atoms with E-state index in [1.54, 1.807) is 0 Å². The number of halogens is 4. The van der Waals surface area contributed by atoms with Crippen molar-refractivity contribution in [1.82, 2.24) is 0 Å². The molecule has 276 valence electrons. The molecule has 0 unspecified atom stereocenters. The fourth-order valence-electron chi connectivity index (χ4n) is 6.42. The van der Waals surface area contributed by atoms with Crippen molar-refractivity contribution >= 4 is 51.3 Å². The van der Waals surface area contributed by atoms with E-state index in [9.17, 15) is 0 Å². The van der Waals surface area contributed by atoms with Crippen LogP contribution in [-0.2, 0) is 52.0 Å². The summed E-state index contributed by atoms with van der Waals surface area (Å²) in [5.41, 5.74) is 14.3. The third kappa shape index (κ3) is 11.9. The van der Waals surface area contributed by atoms with Gasteiger partial charge < -0.3 is 0 Å². The molecule has 52 heavy (non-hydrogen) atoms. The number of allylic oxidation sites excluding steroid dienone is 4. The second-order valence-electron chi connectivity index (χ2n) is 17.6. The molecule has 0 saturated heterocycles. The average Bonchev–Trinajstić information content (AvgIpc) is 3.70. The van der Waals surface area contributed by atoms with Gasteiger partial charge in [-0.2, -0.15) is 23.8 Å². The Morgan fingerprint density at radius 1 is 0.615 bits per heavy atom. The van der Waals surface area contributed by atoms with Crippen LogP contribution < -0.4 is 0 Å². The van der Waals surface area contributed by atoms with Crippen LogP contribution >= 0.6 is 48.0 Å². The summed E-state index contributed by atoms with van der Waals surface area (Å²) in [4.78, 5) is 0. The standard InChI is InChI=1S/C29H41.C13H8Cl2.C5H5.2ClH.Hf/c1-26(2,3)22-14-18-13-19-15-23(27(4,5)6)25(29(10,11)12)17-21(19)20(18)16-24(22)28(7,8)9;14-12-5-1-3-10(8-12)7-11-4-2-6-13(15)9-11;1-2-4-5-3-1;;;/h14,16-17H,13H2,1-12H3;1-6,8-9H;1-3H,4H2;2*1H;/q-1;;-1;;;+2. The molecule has 2 aliphatic carbocycles. The summed E-state index contributed by atoms with van der Waals surface area (Å²) in [5.74, 6) is 0. The monoisotopic (exact) mass is 940 g/mol. The van der Waals surface area contributed by atoms with Crippen LogP contribution in [0.5, 0.6) is 0 Å². The Hall–Kier alpha value is -1.74. The molecule has 0 heterocycles. The largest absolute Gasteiger partial charge is 0.273 e. The third-order valence-corrected chi connectivity index (χ3v) is 11.6. The van der Waals surface area contributed by atoms with Crippen LogP contribution in [0.15, 0.2) is 85.0 Å². The van der Waals surface area contributed by atoms with Gasteiger partial charge in [0.05, 0.1) is 0 Å². The van der Waals surface area contributed by atoms with Gasteiger partial charge in [0, 0.05) is 0 Å². The minimum atomic E-state index is 0. The topological polar surface area (TPSA) is 0 Å². The Morgan fingerprint density at radius 2 is 1.10 bits per heavy atom. The van der Waals surface area contributed by atoms with Gasteiger partial charge in [0.2, 0.25) is 0 Å². The Kier molecular flexibility index (Phi) is 16.3. The van der Waals surface area contributed by atoms with Gasteiger partial charge in [-0.25, -0.2) is 12.2 Å². The second kappa shape index (κ2) is 18.3. The van der Waals surface area contributed by atoms with E-state index < -0.39 is 0 Å². The first-order chi connectivity index (χ1) is 23.1. The van der Waals surface area contributed by atoms with Crippen molar-refractivity contribution in [3.05, 3.63) is 152 Å². The maximum atomic E-state index is 5.98. The molecule has 6 rings (SSSR count). The van der Waals surface area contributed by atoms with E-state index in [1.165, 1.54) is 58.9 Å². The van der Waals surface area contributed by atoms with Gasteiger partial charge in [-0.15, -0.1) is 47.9 Å². The number of benzene rings is 4. The zero-order chi connectivity index (χ0) is 37.2. The van der Waals surface area contributed by atoms with Crippen molar-refractivity contribution in [2.24, 2.45) is 0 Å². The SMILES string of the molecule is CC(C)(C)c1[c-]c2c(cc1C(C)(C)C)-c1cc(C(C)(C)C)c(C(C)(C)C)cc1C2.Cl.Cl.Clc1cccc([C](=[Hf+2])c2cccc(Cl)c2)c1.[C-]1=CC=CC1. The number of rotatable bonds is 2. The molecule has 0 saturated carbocycles. The van der Waals surface area contributed by atoms with Crippen LogP contribution in [0.25, 0.3) is 11.1 Å². The van der Waals surface area contributed by atoms with E-state index in [-0.39, 0.29) is 46.5 Å². The summed E-state index contributed by atoms with van der Waals surface area (Å²) >= 11 is 12.9. The van der Waals surface area contributed by atoms with Crippen molar-refractivity contribution in [3.63, 3.8) is 0 Å². The molecule has 0 aromatic heterocycles. The van der Waals surface area contributed by atoms with E-state index in [0.29, 0.717) is 0 Å². The first kappa shape index (κ1) is 46.4. The summed E-state index contributed by atoms with van der Waals surface area (Å²) in [6, 6.07) is 27.2. The molecule has 0 atom stereocenters. The Labute approximate surface area is 352 Å². The van der Waals surface area contributed by atoms with Crippen LogP contribution in [-0.4, -0.2) is 3.26 Å². The maximum Gasteiger partial charge on any atom is -0.109 e. The fourth-order valence-corrected chi connectivity index (χ4v) is 7.92. The van der Waals surface area contributed by atoms with Crippen LogP contribution in [0.3, 0.4) is 0 Å². The molecule has 4 aromatic carbocycles. The van der Waals surface area contributed by atoms with Crippen LogP contribution in [0.4, 0.5) is 0 Å². The summed E-state index contributed by atoms with van der Waals surface area (Å²) in [5, 5.41) is 1.54. The van der Waals surface area contributed by atoms with Gasteiger partial charge in [0.1, 0.15) is 0 Å². The Bertz CT molecular complexity index is 1780. The molecule has 4 aromatic rings. The van der Waals surface area contributed by atoms with E-state index in [1.807, 2.05) is 48.6 Å². The average molecular weight is 941 g/mol. The smallest absolute Gasteiger partial charge is 0.109 e. The maximum absolute atomic E-state index is 5.98. The normalized spacial score (nSPS) is 13.1. The predicted octanol–water partition coefficient (Wildman–Crippen LogP) is 14.5. The van der Waals surface area contributed by atoms with Gasteiger partial charge in [0.15, 0.2) is 0 Å². The number of hydrogen-bond donors (Lipinski definition) is 0. The molecular weight excluding hydrogens is 885 g/mol. The van der Waals surface area contributed by atoms with Gasteiger partial charge in [0.25, 0.3) is 0 Å². The molecule has 0 radical (unpaired) electrons. The third-order valence-electron chi connectivity index (χ3n) is 9.05. The van der Waals surface area contributed by atoms with Gasteiger partial charge in [-0.3, -0.25) is 6.08 Å². The first-order valence-electron chi connectivity index (χ1n) is 17.7. The molecular formula is C47H56Cl4Hf. The minimum absolute atomic E-state index is 0. The minimum Gasteiger partial charge on any atom is -0.273 e. The molecule has 0 aliphatic heterocycles. The molecule has 2 aliphatic rings. The molecule has 0 fully saturated rings. The van der Waals surface area contributed by atoms with E-state index >= 15 is 0 Å². The van der Waals surface area contributed by atoms with E-state index in [2.05, 4.69) is 132 Å². The van der Waals surface area contributed by atoms with E-state index in [0.717, 1.165) is 46.8 Å². The zero-order valence-electron chi connectivity index (χ0n) is 33.1. The summed E-state index contributed by atoms with van der Waals surface area (Å²) in [7, 11) is 0. The zero-order valence-corrected chi connectivity index (χ0v) is 39.8. The second-order valence-corrected chi connectivity index (χ2v) is 20.2. The summed E-state index contributed by atoms with van der Waals surface area (Å²) in [6.45, 7) is 28.0. The Morgan fingerprint density at radius 3 is 1.48 bits per heavy atom. The van der Waals surface area contributed by atoms with Crippen LogP contribution in [0, 0.1) is 12.1 Å². The molecule has 0 bridgehead atoms. The first-order valence-corrected chi connectivity index (χ1v) is 20.2. The van der Waals surface area contributed by atoms with Crippen LogP contribution in [0.1, 0.15) is 134 Å². The Balaban J connectivity index is 0.000000340. The predicted molar refractivity (Wildman–Crippen MR) is 231 cm³/mol. The fraction of sp³-hybridized carbons (Fsp3) is 0.383. The van der Waals surface area contributed by atoms with Crippen molar-refractivity contribution in [3.8, 4) is 11.1 Å². The van der Waals surface area contributed by atoms with Gasteiger partial charge in [-0.1, -0.05) is 106 Å². The molecule has 0 amide bonds. The number of fused-ring (bicyclic) bond motifs is 3.